The Hall–Kier alpha value is -0.120. The number of ether oxygens (including phenoxy) is 2. The van der Waals surface area contributed by atoms with E-state index in [2.05, 4.69) is 6.92 Å². The van der Waals surface area contributed by atoms with E-state index in [1.165, 1.54) is 12.8 Å². The van der Waals surface area contributed by atoms with E-state index in [9.17, 15) is 0 Å². The normalized spacial score (nSPS) is 26.8. The molecule has 0 heterocycles. The maximum Gasteiger partial charge on any atom is 0.0701 e. The van der Waals surface area contributed by atoms with Crippen LogP contribution in [0.3, 0.4) is 0 Å². The van der Waals surface area contributed by atoms with Gasteiger partial charge in [-0.05, 0) is 32.1 Å². The Balaban J connectivity index is 2.02. The van der Waals surface area contributed by atoms with Crippen LogP contribution in [0.2, 0.25) is 0 Å². The maximum atomic E-state index is 8.64. The van der Waals surface area contributed by atoms with Crippen LogP contribution in [0.4, 0.5) is 0 Å². The van der Waals surface area contributed by atoms with Gasteiger partial charge < -0.3 is 14.6 Å². The van der Waals surface area contributed by atoms with Gasteiger partial charge in [0.1, 0.15) is 0 Å². The van der Waals surface area contributed by atoms with E-state index >= 15 is 0 Å². The minimum atomic E-state index is 0.132. The van der Waals surface area contributed by atoms with E-state index < -0.39 is 0 Å². The van der Waals surface area contributed by atoms with Crippen LogP contribution in [0, 0.1) is 0 Å². The Bertz CT molecular complexity index is 142. The fourth-order valence-electron chi connectivity index (χ4n) is 1.98. The molecule has 0 spiro atoms. The SMILES string of the molecule is CCCCOC1CCC(OCCO)CC1. The predicted octanol–water partition coefficient (Wildman–Crippen LogP) is 2.12. The standard InChI is InChI=1S/C12H24O3/c1-2-3-9-14-11-4-6-12(7-5-11)15-10-8-13/h11-13H,2-10H2,1H3. The Morgan fingerprint density at radius 1 is 1.00 bits per heavy atom. The van der Waals surface area contributed by atoms with E-state index in [1.54, 1.807) is 0 Å². The molecular formula is C12H24O3. The average molecular weight is 216 g/mol. The van der Waals surface area contributed by atoms with Crippen molar-refractivity contribution in [3.05, 3.63) is 0 Å². The first-order chi connectivity index (χ1) is 7.36. The molecule has 1 rings (SSSR count). The molecule has 15 heavy (non-hydrogen) atoms. The molecule has 0 aromatic heterocycles. The van der Waals surface area contributed by atoms with Gasteiger partial charge in [0.2, 0.25) is 0 Å². The predicted molar refractivity (Wildman–Crippen MR) is 59.9 cm³/mol. The molecule has 0 atom stereocenters. The van der Waals surface area contributed by atoms with Crippen molar-refractivity contribution >= 4 is 0 Å². The van der Waals surface area contributed by atoms with Gasteiger partial charge in [0.05, 0.1) is 25.4 Å². The lowest BCUT2D eigenvalue weighted by atomic mass is 9.95. The van der Waals surface area contributed by atoms with Gasteiger partial charge in [-0.3, -0.25) is 0 Å². The number of hydrogen-bond acceptors (Lipinski definition) is 3. The van der Waals surface area contributed by atoms with Gasteiger partial charge in [0.15, 0.2) is 0 Å². The highest BCUT2D eigenvalue weighted by atomic mass is 16.5. The van der Waals surface area contributed by atoms with Gasteiger partial charge in [-0.25, -0.2) is 0 Å². The Morgan fingerprint density at radius 2 is 1.53 bits per heavy atom. The van der Waals surface area contributed by atoms with Crippen molar-refractivity contribution in [2.24, 2.45) is 0 Å². The van der Waals surface area contributed by atoms with Crippen LogP contribution in [0.5, 0.6) is 0 Å². The van der Waals surface area contributed by atoms with E-state index in [1.807, 2.05) is 0 Å². The average Bonchev–Trinajstić information content (AvgIpc) is 2.28. The van der Waals surface area contributed by atoms with Gasteiger partial charge >= 0.3 is 0 Å². The highest BCUT2D eigenvalue weighted by molar-refractivity contribution is 4.73. The molecule has 0 bridgehead atoms. The lowest BCUT2D eigenvalue weighted by Gasteiger charge is -2.28. The van der Waals surface area contributed by atoms with E-state index in [0.29, 0.717) is 18.8 Å². The van der Waals surface area contributed by atoms with Crippen LogP contribution in [0.25, 0.3) is 0 Å². The maximum absolute atomic E-state index is 8.64. The quantitative estimate of drug-likeness (QED) is 0.662. The number of aliphatic hydroxyl groups excluding tert-OH is 1. The first kappa shape index (κ1) is 12.9. The second-order valence-electron chi connectivity index (χ2n) is 4.22. The highest BCUT2D eigenvalue weighted by Gasteiger charge is 2.21. The van der Waals surface area contributed by atoms with Crippen molar-refractivity contribution in [3.8, 4) is 0 Å². The molecule has 3 heteroatoms. The second kappa shape index (κ2) is 8.08. The molecule has 1 aliphatic rings. The molecule has 0 aliphatic heterocycles. The minimum Gasteiger partial charge on any atom is -0.394 e. The Morgan fingerprint density at radius 3 is 2.00 bits per heavy atom. The van der Waals surface area contributed by atoms with Crippen LogP contribution in [-0.4, -0.2) is 37.1 Å². The topological polar surface area (TPSA) is 38.7 Å². The van der Waals surface area contributed by atoms with Crippen molar-refractivity contribution in [1.29, 1.82) is 0 Å². The number of aliphatic hydroxyl groups is 1. The molecule has 1 fully saturated rings. The number of rotatable bonds is 7. The lowest BCUT2D eigenvalue weighted by Crippen LogP contribution is -2.27. The monoisotopic (exact) mass is 216 g/mol. The molecule has 1 saturated carbocycles. The first-order valence-electron chi connectivity index (χ1n) is 6.21. The van der Waals surface area contributed by atoms with Crippen molar-refractivity contribution < 1.29 is 14.6 Å². The Kier molecular flexibility index (Phi) is 6.98. The third-order valence-corrected chi connectivity index (χ3v) is 2.92. The fourth-order valence-corrected chi connectivity index (χ4v) is 1.98. The summed E-state index contributed by atoms with van der Waals surface area (Å²) in [4.78, 5) is 0. The lowest BCUT2D eigenvalue weighted by molar-refractivity contribution is -0.0387. The zero-order valence-corrected chi connectivity index (χ0v) is 9.78. The van der Waals surface area contributed by atoms with Gasteiger partial charge in [-0.2, -0.15) is 0 Å². The van der Waals surface area contributed by atoms with E-state index in [-0.39, 0.29) is 6.61 Å². The van der Waals surface area contributed by atoms with Gasteiger partial charge in [-0.1, -0.05) is 13.3 Å². The van der Waals surface area contributed by atoms with Crippen molar-refractivity contribution in [2.45, 2.75) is 57.7 Å². The molecule has 90 valence electrons. The molecule has 0 amide bonds. The summed E-state index contributed by atoms with van der Waals surface area (Å²) in [6, 6.07) is 0. The van der Waals surface area contributed by atoms with Crippen molar-refractivity contribution in [3.63, 3.8) is 0 Å². The molecule has 0 aromatic rings. The zero-order valence-electron chi connectivity index (χ0n) is 9.78. The molecule has 0 radical (unpaired) electrons. The molecule has 0 unspecified atom stereocenters. The van der Waals surface area contributed by atoms with Crippen LogP contribution in [-0.2, 0) is 9.47 Å². The fraction of sp³-hybridized carbons (Fsp3) is 1.00. The molecular weight excluding hydrogens is 192 g/mol. The second-order valence-corrected chi connectivity index (χ2v) is 4.22. The highest BCUT2D eigenvalue weighted by Crippen LogP contribution is 2.23. The molecule has 1 N–H and O–H groups in total. The third kappa shape index (κ3) is 5.50. The summed E-state index contributed by atoms with van der Waals surface area (Å²) in [5, 5.41) is 8.64. The summed E-state index contributed by atoms with van der Waals surface area (Å²) < 4.78 is 11.3. The van der Waals surface area contributed by atoms with Gasteiger partial charge in [0.25, 0.3) is 0 Å². The largest absolute Gasteiger partial charge is 0.394 e. The van der Waals surface area contributed by atoms with Gasteiger partial charge in [-0.15, -0.1) is 0 Å². The van der Waals surface area contributed by atoms with Crippen LogP contribution in [0.15, 0.2) is 0 Å². The molecule has 0 aromatic carbocycles. The third-order valence-electron chi connectivity index (χ3n) is 2.92. The first-order valence-corrected chi connectivity index (χ1v) is 6.21. The summed E-state index contributed by atoms with van der Waals surface area (Å²) in [5.41, 5.74) is 0. The summed E-state index contributed by atoms with van der Waals surface area (Å²) in [6.07, 6.45) is 7.55. The summed E-state index contributed by atoms with van der Waals surface area (Å²) in [6.45, 7) is 3.70. The summed E-state index contributed by atoms with van der Waals surface area (Å²) in [5.74, 6) is 0. The molecule has 1 aliphatic carbocycles. The van der Waals surface area contributed by atoms with Gasteiger partial charge in [0, 0.05) is 6.61 Å². The van der Waals surface area contributed by atoms with Crippen LogP contribution in [0.1, 0.15) is 45.4 Å². The summed E-state index contributed by atoms with van der Waals surface area (Å²) >= 11 is 0. The number of hydrogen-bond donors (Lipinski definition) is 1. The van der Waals surface area contributed by atoms with Crippen molar-refractivity contribution in [2.75, 3.05) is 19.8 Å². The van der Waals surface area contributed by atoms with Crippen LogP contribution < -0.4 is 0 Å². The van der Waals surface area contributed by atoms with Crippen LogP contribution >= 0.6 is 0 Å². The Labute approximate surface area is 92.8 Å². The molecule has 3 nitrogen and oxygen atoms in total. The smallest absolute Gasteiger partial charge is 0.0701 e. The summed E-state index contributed by atoms with van der Waals surface area (Å²) in [7, 11) is 0. The zero-order chi connectivity index (χ0) is 10.9. The van der Waals surface area contributed by atoms with E-state index in [0.717, 1.165) is 32.3 Å². The minimum absolute atomic E-state index is 0.132. The van der Waals surface area contributed by atoms with Crippen molar-refractivity contribution in [1.82, 2.24) is 0 Å². The number of unbranched alkanes of at least 4 members (excludes halogenated alkanes) is 1. The van der Waals surface area contributed by atoms with E-state index in [4.69, 9.17) is 14.6 Å². The molecule has 0 saturated heterocycles.